The van der Waals surface area contributed by atoms with Crippen molar-refractivity contribution in [1.82, 2.24) is 4.90 Å². The van der Waals surface area contributed by atoms with Gasteiger partial charge in [-0.2, -0.15) is 0 Å². The smallest absolute Gasteiger partial charge is 0.355 e. The van der Waals surface area contributed by atoms with Gasteiger partial charge in [-0.15, -0.1) is 0 Å². The standard InChI is InChI=1S/C23H27N3O5/c1-30-22(28)19-8-4-7-15-26(21(19)23(29)31-2)18-11-9-17(10-12-18)24-20(27)16-25-13-5-3-6-14-25/h4,7-12,15H,3,5-6,13-14,16H2,1-2H3,(H,24,27). The molecule has 0 aromatic heterocycles. The summed E-state index contributed by atoms with van der Waals surface area (Å²) in [6.07, 6.45) is 9.98. The summed E-state index contributed by atoms with van der Waals surface area (Å²) in [7, 11) is 2.50. The zero-order valence-corrected chi connectivity index (χ0v) is 17.8. The second kappa shape index (κ2) is 10.6. The number of piperidine rings is 1. The van der Waals surface area contributed by atoms with Gasteiger partial charge in [-0.05, 0) is 62.3 Å². The van der Waals surface area contributed by atoms with E-state index in [1.807, 2.05) is 0 Å². The van der Waals surface area contributed by atoms with Crippen molar-refractivity contribution in [1.29, 1.82) is 0 Å². The van der Waals surface area contributed by atoms with Crippen LogP contribution in [0, 0.1) is 0 Å². The van der Waals surface area contributed by atoms with E-state index in [-0.39, 0.29) is 17.2 Å². The van der Waals surface area contributed by atoms with E-state index in [0.29, 0.717) is 17.9 Å². The number of ether oxygens (including phenoxy) is 2. The summed E-state index contributed by atoms with van der Waals surface area (Å²) in [6, 6.07) is 7.01. The third kappa shape index (κ3) is 5.61. The summed E-state index contributed by atoms with van der Waals surface area (Å²) in [6.45, 7) is 2.28. The van der Waals surface area contributed by atoms with E-state index in [0.717, 1.165) is 25.9 Å². The molecule has 31 heavy (non-hydrogen) atoms. The fourth-order valence-corrected chi connectivity index (χ4v) is 3.59. The van der Waals surface area contributed by atoms with E-state index in [4.69, 9.17) is 9.47 Å². The van der Waals surface area contributed by atoms with Crippen LogP contribution in [0.2, 0.25) is 0 Å². The van der Waals surface area contributed by atoms with Crippen LogP contribution in [0.5, 0.6) is 0 Å². The first-order chi connectivity index (χ1) is 15.0. The molecule has 8 heteroatoms. The van der Waals surface area contributed by atoms with Crippen molar-refractivity contribution in [3.05, 3.63) is 60.0 Å². The number of rotatable bonds is 6. The molecule has 0 bridgehead atoms. The number of anilines is 2. The van der Waals surface area contributed by atoms with E-state index in [2.05, 4.69) is 10.2 Å². The third-order valence-corrected chi connectivity index (χ3v) is 5.13. The Morgan fingerprint density at radius 3 is 2.26 bits per heavy atom. The van der Waals surface area contributed by atoms with Crippen molar-refractivity contribution in [3.63, 3.8) is 0 Å². The highest BCUT2D eigenvalue weighted by molar-refractivity contribution is 6.05. The van der Waals surface area contributed by atoms with Gasteiger partial charge < -0.3 is 19.7 Å². The zero-order chi connectivity index (χ0) is 22.2. The topological polar surface area (TPSA) is 88.2 Å². The van der Waals surface area contributed by atoms with Crippen molar-refractivity contribution in [3.8, 4) is 0 Å². The van der Waals surface area contributed by atoms with Crippen LogP contribution in [0.3, 0.4) is 0 Å². The molecule has 3 rings (SSSR count). The van der Waals surface area contributed by atoms with E-state index in [1.54, 1.807) is 47.5 Å². The van der Waals surface area contributed by atoms with Gasteiger partial charge in [-0.25, -0.2) is 9.59 Å². The largest absolute Gasteiger partial charge is 0.465 e. The van der Waals surface area contributed by atoms with Crippen LogP contribution in [-0.4, -0.2) is 56.6 Å². The van der Waals surface area contributed by atoms with Crippen LogP contribution in [-0.2, 0) is 23.9 Å². The number of methoxy groups -OCH3 is 2. The Morgan fingerprint density at radius 1 is 0.935 bits per heavy atom. The highest BCUT2D eigenvalue weighted by Gasteiger charge is 2.27. The normalized spacial score (nSPS) is 16.6. The van der Waals surface area contributed by atoms with E-state index < -0.39 is 11.9 Å². The van der Waals surface area contributed by atoms with E-state index in [1.165, 1.54) is 26.7 Å². The molecule has 0 spiro atoms. The number of hydrogen-bond acceptors (Lipinski definition) is 7. The minimum atomic E-state index is -0.671. The van der Waals surface area contributed by atoms with E-state index in [9.17, 15) is 14.4 Å². The number of esters is 2. The Labute approximate surface area is 181 Å². The molecule has 2 aliphatic rings. The number of amides is 1. The van der Waals surface area contributed by atoms with Crippen LogP contribution in [0.1, 0.15) is 19.3 Å². The first-order valence-corrected chi connectivity index (χ1v) is 10.2. The highest BCUT2D eigenvalue weighted by atomic mass is 16.5. The van der Waals surface area contributed by atoms with Crippen LogP contribution >= 0.6 is 0 Å². The minimum Gasteiger partial charge on any atom is -0.465 e. The third-order valence-electron chi connectivity index (χ3n) is 5.13. The number of likely N-dealkylation sites (tertiary alicyclic amines) is 1. The number of nitrogens with one attached hydrogen (secondary N) is 1. The van der Waals surface area contributed by atoms with Crippen molar-refractivity contribution in [2.75, 3.05) is 44.1 Å². The summed E-state index contributed by atoms with van der Waals surface area (Å²) in [4.78, 5) is 40.7. The molecule has 2 aliphatic heterocycles. The molecule has 0 saturated carbocycles. The van der Waals surface area contributed by atoms with E-state index >= 15 is 0 Å². The second-order valence-electron chi connectivity index (χ2n) is 7.25. The Kier molecular flexibility index (Phi) is 7.61. The van der Waals surface area contributed by atoms with Gasteiger partial charge in [0.15, 0.2) is 0 Å². The monoisotopic (exact) mass is 425 g/mol. The minimum absolute atomic E-state index is 0.0428. The van der Waals surface area contributed by atoms with Gasteiger partial charge in [0, 0.05) is 17.6 Å². The van der Waals surface area contributed by atoms with Gasteiger partial charge in [0.2, 0.25) is 5.91 Å². The Morgan fingerprint density at radius 2 is 1.61 bits per heavy atom. The molecule has 1 aromatic rings. The summed E-state index contributed by atoms with van der Waals surface area (Å²) < 4.78 is 9.71. The Hall–Kier alpha value is -3.39. The van der Waals surface area contributed by atoms with Gasteiger partial charge in [0.1, 0.15) is 5.70 Å². The SMILES string of the molecule is COC(=O)C1=C(C(=O)OC)N(c2ccc(NC(=O)CN3CCCCC3)cc2)C=CC=C1. The summed E-state index contributed by atoms with van der Waals surface area (Å²) in [5.74, 6) is -1.38. The van der Waals surface area contributed by atoms with Gasteiger partial charge in [0.25, 0.3) is 0 Å². The average molecular weight is 425 g/mol. The van der Waals surface area contributed by atoms with Crippen LogP contribution in [0.4, 0.5) is 11.4 Å². The molecule has 1 N–H and O–H groups in total. The molecule has 164 valence electrons. The lowest BCUT2D eigenvalue weighted by Crippen LogP contribution is -2.36. The number of carbonyl (C=O) groups excluding carboxylic acids is 3. The maximum Gasteiger partial charge on any atom is 0.355 e. The predicted molar refractivity (Wildman–Crippen MR) is 117 cm³/mol. The predicted octanol–water partition coefficient (Wildman–Crippen LogP) is 2.60. The number of allylic oxidation sites excluding steroid dienone is 2. The van der Waals surface area contributed by atoms with Gasteiger partial charge in [-0.1, -0.05) is 12.5 Å². The molecular formula is C23H27N3O5. The van der Waals surface area contributed by atoms with Crippen molar-refractivity contribution in [2.24, 2.45) is 0 Å². The lowest BCUT2D eigenvalue weighted by molar-refractivity contribution is -0.139. The lowest BCUT2D eigenvalue weighted by atomic mass is 10.1. The van der Waals surface area contributed by atoms with Crippen molar-refractivity contribution < 1.29 is 23.9 Å². The number of hydrogen-bond donors (Lipinski definition) is 1. The molecule has 1 saturated heterocycles. The highest BCUT2D eigenvalue weighted by Crippen LogP contribution is 2.27. The maximum absolute atomic E-state index is 12.5. The molecule has 1 amide bonds. The van der Waals surface area contributed by atoms with Crippen LogP contribution in [0.15, 0.2) is 60.0 Å². The fraction of sp³-hybridized carbons (Fsp3) is 0.348. The van der Waals surface area contributed by atoms with Crippen LogP contribution < -0.4 is 10.2 Å². The molecule has 2 heterocycles. The molecule has 0 aliphatic carbocycles. The molecule has 8 nitrogen and oxygen atoms in total. The zero-order valence-electron chi connectivity index (χ0n) is 17.8. The molecule has 1 aromatic carbocycles. The first kappa shape index (κ1) is 22.3. The molecule has 1 fully saturated rings. The molecule has 0 atom stereocenters. The van der Waals surface area contributed by atoms with Gasteiger partial charge >= 0.3 is 11.9 Å². The number of benzene rings is 1. The van der Waals surface area contributed by atoms with Gasteiger partial charge in [-0.3, -0.25) is 9.69 Å². The quantitative estimate of drug-likeness (QED) is 0.701. The number of carbonyl (C=O) groups is 3. The summed E-state index contributed by atoms with van der Waals surface area (Å²) in [5.41, 5.74) is 1.40. The summed E-state index contributed by atoms with van der Waals surface area (Å²) >= 11 is 0. The fourth-order valence-electron chi connectivity index (χ4n) is 3.59. The Bertz CT molecular complexity index is 912. The Balaban J connectivity index is 1.78. The maximum atomic E-state index is 12.5. The van der Waals surface area contributed by atoms with Crippen LogP contribution in [0.25, 0.3) is 0 Å². The molecular weight excluding hydrogens is 398 g/mol. The summed E-state index contributed by atoms with van der Waals surface area (Å²) in [5, 5.41) is 2.91. The first-order valence-electron chi connectivity index (χ1n) is 10.2. The molecule has 0 radical (unpaired) electrons. The average Bonchev–Trinajstić information content (AvgIpc) is 3.02. The van der Waals surface area contributed by atoms with Crippen molar-refractivity contribution >= 4 is 29.2 Å². The second-order valence-corrected chi connectivity index (χ2v) is 7.25. The molecule has 0 unspecified atom stereocenters. The van der Waals surface area contributed by atoms with Crippen molar-refractivity contribution in [2.45, 2.75) is 19.3 Å². The number of nitrogens with zero attached hydrogens (tertiary/aromatic N) is 2. The van der Waals surface area contributed by atoms with Gasteiger partial charge in [0.05, 0.1) is 26.3 Å². The lowest BCUT2D eigenvalue weighted by Gasteiger charge is -2.25.